The van der Waals surface area contributed by atoms with Crippen LogP contribution in [-0.2, 0) is 0 Å². The first-order valence-electron chi connectivity index (χ1n) is 10.3. The van der Waals surface area contributed by atoms with Gasteiger partial charge in [-0.15, -0.1) is 0 Å². The van der Waals surface area contributed by atoms with Gasteiger partial charge < -0.3 is 4.90 Å². The van der Waals surface area contributed by atoms with E-state index >= 15 is 0 Å². The average Bonchev–Trinajstić information content (AvgIpc) is 3.15. The van der Waals surface area contributed by atoms with Crippen molar-refractivity contribution in [1.29, 1.82) is 10.5 Å². The van der Waals surface area contributed by atoms with E-state index in [9.17, 15) is 15.3 Å². The molecule has 0 N–H and O–H groups in total. The van der Waals surface area contributed by atoms with Crippen molar-refractivity contribution < 1.29 is 4.79 Å². The summed E-state index contributed by atoms with van der Waals surface area (Å²) in [4.78, 5) is 15.8. The fraction of sp³-hybridized carbons (Fsp3) is 0.148. The van der Waals surface area contributed by atoms with Crippen LogP contribution < -0.4 is 0 Å². The third kappa shape index (κ3) is 2.97. The normalized spacial score (nSPS) is 22.3. The van der Waals surface area contributed by atoms with Crippen LogP contribution in [0.2, 0.25) is 0 Å². The predicted octanol–water partition coefficient (Wildman–Crippen LogP) is 5.70. The van der Waals surface area contributed by atoms with Gasteiger partial charge in [0.05, 0.1) is 12.0 Å². The van der Waals surface area contributed by atoms with E-state index in [4.69, 9.17) is 0 Å². The second-order valence-electron chi connectivity index (χ2n) is 8.08. The van der Waals surface area contributed by atoms with Gasteiger partial charge in [-0.25, -0.2) is 0 Å². The van der Waals surface area contributed by atoms with Crippen molar-refractivity contribution in [3.05, 3.63) is 111 Å². The highest BCUT2D eigenvalue weighted by Gasteiger charge is 2.63. The van der Waals surface area contributed by atoms with Gasteiger partial charge in [-0.1, -0.05) is 66.7 Å². The monoisotopic (exact) mass is 527 g/mol. The number of hydrogen-bond acceptors (Lipinski definition) is 4. The summed E-state index contributed by atoms with van der Waals surface area (Å²) in [6.45, 7) is 0. The fourth-order valence-corrected chi connectivity index (χ4v) is 5.73. The molecule has 0 amide bonds. The molecule has 0 bridgehead atoms. The van der Waals surface area contributed by atoms with E-state index in [-0.39, 0.29) is 5.78 Å². The lowest BCUT2D eigenvalue weighted by Crippen LogP contribution is -2.43. The van der Waals surface area contributed by atoms with Crippen LogP contribution in [0.1, 0.15) is 39.0 Å². The Morgan fingerprint density at radius 3 is 2.38 bits per heavy atom. The number of benzene rings is 3. The number of rotatable bonds is 3. The Labute approximate surface area is 200 Å². The zero-order valence-corrected chi connectivity index (χ0v) is 19.2. The van der Waals surface area contributed by atoms with Gasteiger partial charge in [0.1, 0.15) is 12.1 Å². The molecular weight excluding hydrogens is 509 g/mol. The molecule has 0 spiro atoms. The minimum atomic E-state index is -1.51. The van der Waals surface area contributed by atoms with Crippen LogP contribution in [-0.4, -0.2) is 16.2 Å². The summed E-state index contributed by atoms with van der Waals surface area (Å²) in [5, 5.41) is 20.8. The Kier molecular flexibility index (Phi) is 5.07. The van der Waals surface area contributed by atoms with Gasteiger partial charge in [0, 0.05) is 21.3 Å². The SMILES string of the molecule is N#CC1(C#N)[C@H](c2cccc(I)c2)[C@@H](C(=O)c2ccccc2)[C@H]2c3ccccc3C=CN21. The van der Waals surface area contributed by atoms with Crippen molar-refractivity contribution in [2.75, 3.05) is 0 Å². The molecule has 2 heterocycles. The van der Waals surface area contributed by atoms with Gasteiger partial charge >= 0.3 is 0 Å². The summed E-state index contributed by atoms with van der Waals surface area (Å²) in [6.07, 6.45) is 3.75. The maximum Gasteiger partial charge on any atom is 0.222 e. The fourth-order valence-electron chi connectivity index (χ4n) is 5.16. The third-order valence-corrected chi connectivity index (χ3v) is 7.17. The van der Waals surface area contributed by atoms with Gasteiger partial charge in [0.25, 0.3) is 0 Å². The summed E-state index contributed by atoms with van der Waals surface area (Å²) in [5.41, 5.74) is 1.88. The van der Waals surface area contributed by atoms with Crippen molar-refractivity contribution in [1.82, 2.24) is 4.90 Å². The molecule has 0 saturated carbocycles. The Hall–Kier alpha value is -3.42. The lowest BCUT2D eigenvalue weighted by Gasteiger charge is -2.35. The molecular formula is C27H18IN3O. The van der Waals surface area contributed by atoms with Crippen LogP contribution in [0.5, 0.6) is 0 Å². The van der Waals surface area contributed by atoms with E-state index in [0.29, 0.717) is 5.56 Å². The molecule has 5 heteroatoms. The maximum atomic E-state index is 14.0. The molecule has 0 aromatic heterocycles. The highest BCUT2D eigenvalue weighted by molar-refractivity contribution is 14.1. The molecule has 4 nitrogen and oxygen atoms in total. The second-order valence-corrected chi connectivity index (χ2v) is 9.32. The molecule has 1 fully saturated rings. The van der Waals surface area contributed by atoms with Crippen LogP contribution in [0.4, 0.5) is 0 Å². The maximum absolute atomic E-state index is 14.0. The van der Waals surface area contributed by atoms with Crippen LogP contribution in [0.3, 0.4) is 0 Å². The van der Waals surface area contributed by atoms with Gasteiger partial charge in [-0.05, 0) is 57.5 Å². The number of ketones is 1. The highest BCUT2D eigenvalue weighted by Crippen LogP contribution is 2.58. The van der Waals surface area contributed by atoms with Gasteiger partial charge in [0.2, 0.25) is 5.54 Å². The summed E-state index contributed by atoms with van der Waals surface area (Å²) >= 11 is 2.23. The third-order valence-electron chi connectivity index (χ3n) is 6.50. The first-order chi connectivity index (χ1) is 15.6. The Bertz CT molecular complexity index is 1300. The van der Waals surface area contributed by atoms with Crippen molar-refractivity contribution in [3.8, 4) is 12.1 Å². The minimum Gasteiger partial charge on any atom is -0.340 e. The summed E-state index contributed by atoms with van der Waals surface area (Å²) in [7, 11) is 0. The van der Waals surface area contributed by atoms with Crippen molar-refractivity contribution in [3.63, 3.8) is 0 Å². The Morgan fingerprint density at radius 2 is 1.66 bits per heavy atom. The molecule has 32 heavy (non-hydrogen) atoms. The van der Waals surface area contributed by atoms with Gasteiger partial charge in [0.15, 0.2) is 5.78 Å². The Morgan fingerprint density at radius 1 is 0.938 bits per heavy atom. The first-order valence-corrected chi connectivity index (χ1v) is 11.4. The standard InChI is InChI=1S/C27H18IN3O/c28-21-11-6-10-20(15-21)24-23(26(32)19-8-2-1-3-9-19)25-22-12-5-4-7-18(22)13-14-31(25)27(24,16-29)17-30/h1-15,23-25H/t23-,24-,25-/m1/s1. The summed E-state index contributed by atoms with van der Waals surface area (Å²) < 4.78 is 0.997. The number of carbonyl (C=O) groups is 1. The zero-order valence-electron chi connectivity index (χ0n) is 17.0. The molecule has 3 atom stereocenters. The highest BCUT2D eigenvalue weighted by atomic mass is 127. The van der Waals surface area contributed by atoms with E-state index in [2.05, 4.69) is 34.7 Å². The van der Waals surface area contributed by atoms with Crippen LogP contribution in [0.15, 0.2) is 85.1 Å². The van der Waals surface area contributed by atoms with Crippen molar-refractivity contribution >= 4 is 34.5 Å². The van der Waals surface area contributed by atoms with E-state index in [1.165, 1.54) is 0 Å². The lowest BCUT2D eigenvalue weighted by molar-refractivity contribution is 0.0884. The first kappa shape index (κ1) is 20.5. The minimum absolute atomic E-state index is 0.0538. The molecule has 1 saturated heterocycles. The number of halogens is 1. The van der Waals surface area contributed by atoms with Crippen LogP contribution in [0.25, 0.3) is 6.08 Å². The van der Waals surface area contributed by atoms with E-state index in [1.807, 2.05) is 96.0 Å². The number of hydrogen-bond donors (Lipinski definition) is 0. The smallest absolute Gasteiger partial charge is 0.222 e. The molecule has 0 unspecified atom stereocenters. The van der Waals surface area contributed by atoms with E-state index in [0.717, 1.165) is 20.3 Å². The molecule has 5 rings (SSSR count). The molecule has 3 aromatic rings. The molecule has 0 radical (unpaired) electrons. The number of nitriles is 2. The zero-order chi connectivity index (χ0) is 22.3. The second kappa shape index (κ2) is 7.93. The van der Waals surface area contributed by atoms with E-state index in [1.54, 1.807) is 0 Å². The average molecular weight is 527 g/mol. The lowest BCUT2D eigenvalue weighted by atomic mass is 9.72. The largest absolute Gasteiger partial charge is 0.340 e. The summed E-state index contributed by atoms with van der Waals surface area (Å²) in [5.74, 6) is -1.26. The molecule has 3 aromatic carbocycles. The quantitative estimate of drug-likeness (QED) is 0.324. The van der Waals surface area contributed by atoms with Gasteiger partial charge in [-0.2, -0.15) is 10.5 Å². The van der Waals surface area contributed by atoms with Crippen molar-refractivity contribution in [2.24, 2.45) is 5.92 Å². The Balaban J connectivity index is 1.80. The number of fused-ring (bicyclic) bond motifs is 3. The van der Waals surface area contributed by atoms with Crippen LogP contribution in [0, 0.1) is 32.2 Å². The predicted molar refractivity (Wildman–Crippen MR) is 130 cm³/mol. The van der Waals surface area contributed by atoms with E-state index < -0.39 is 23.4 Å². The molecule has 0 aliphatic carbocycles. The molecule has 2 aliphatic rings. The summed E-state index contributed by atoms with van der Waals surface area (Å²) in [6, 6.07) is 29.1. The van der Waals surface area contributed by atoms with Gasteiger partial charge in [-0.3, -0.25) is 4.79 Å². The number of nitrogens with zero attached hydrogens (tertiary/aromatic N) is 3. The van der Waals surface area contributed by atoms with Crippen LogP contribution >= 0.6 is 22.6 Å². The number of Topliss-reactive ketones (excluding diaryl/α,β-unsaturated/α-hetero) is 1. The number of carbonyl (C=O) groups excluding carboxylic acids is 1. The molecule has 154 valence electrons. The van der Waals surface area contributed by atoms with Crippen molar-refractivity contribution in [2.45, 2.75) is 17.5 Å². The molecule has 2 aliphatic heterocycles. The topological polar surface area (TPSA) is 67.9 Å².